The quantitative estimate of drug-likeness (QED) is 0.756. The molecule has 1 saturated carbocycles. The summed E-state index contributed by atoms with van der Waals surface area (Å²) < 4.78 is 1.87. The molecule has 7 nitrogen and oxygen atoms in total. The fourth-order valence-corrected chi connectivity index (χ4v) is 3.44. The minimum atomic E-state index is -0.431. The molecule has 4 atom stereocenters. The molecule has 1 fully saturated rings. The number of nitrogens with two attached hydrogens (primary N) is 1. The lowest BCUT2D eigenvalue weighted by Crippen LogP contribution is -2.51. The van der Waals surface area contributed by atoms with Crippen molar-refractivity contribution in [1.82, 2.24) is 15.0 Å². The lowest BCUT2D eigenvalue weighted by Gasteiger charge is -2.53. The van der Waals surface area contributed by atoms with E-state index in [0.29, 0.717) is 17.5 Å². The Labute approximate surface area is 118 Å². The van der Waals surface area contributed by atoms with Crippen LogP contribution in [0.2, 0.25) is 0 Å². The summed E-state index contributed by atoms with van der Waals surface area (Å²) in [5, 5.41) is 21.2. The zero-order chi connectivity index (χ0) is 14.5. The van der Waals surface area contributed by atoms with E-state index < -0.39 is 6.17 Å². The summed E-state index contributed by atoms with van der Waals surface area (Å²) in [6.45, 7) is 7.08. The zero-order valence-corrected chi connectivity index (χ0v) is 12.1. The Morgan fingerprint density at radius 1 is 1.60 bits per heavy atom. The summed E-state index contributed by atoms with van der Waals surface area (Å²) in [4.78, 5) is 4.05. The van der Waals surface area contributed by atoms with Gasteiger partial charge in [-0.1, -0.05) is 19.1 Å². The Morgan fingerprint density at radius 2 is 2.35 bits per heavy atom. The van der Waals surface area contributed by atoms with Gasteiger partial charge in [0.1, 0.15) is 11.9 Å². The maximum atomic E-state index is 9.80. The van der Waals surface area contributed by atoms with E-state index in [0.717, 1.165) is 18.8 Å². The Bertz CT molecular complexity index is 535. The largest absolute Gasteiger partial charge is 0.393 e. The molecule has 1 aromatic rings. The SMILES string of the molecule is C[C@H](O)C1CC(Cn2nnc3c2NC=NC3N)C1(C)C. The highest BCUT2D eigenvalue weighted by atomic mass is 16.3. The summed E-state index contributed by atoms with van der Waals surface area (Å²) in [5.74, 6) is 1.66. The Kier molecular flexibility index (Phi) is 3.06. The number of nitrogens with zero attached hydrogens (tertiary/aromatic N) is 4. The lowest BCUT2D eigenvalue weighted by atomic mass is 9.53. The molecule has 0 radical (unpaired) electrons. The van der Waals surface area contributed by atoms with Crippen LogP contribution in [0, 0.1) is 17.3 Å². The van der Waals surface area contributed by atoms with E-state index in [9.17, 15) is 5.11 Å². The highest BCUT2D eigenvalue weighted by Gasteiger charge is 2.50. The highest BCUT2D eigenvalue weighted by Crippen LogP contribution is 2.53. The van der Waals surface area contributed by atoms with Gasteiger partial charge in [-0.25, -0.2) is 4.68 Å². The van der Waals surface area contributed by atoms with Crippen molar-refractivity contribution in [3.05, 3.63) is 5.69 Å². The summed E-state index contributed by atoms with van der Waals surface area (Å²) >= 11 is 0. The van der Waals surface area contributed by atoms with E-state index in [1.165, 1.54) is 0 Å². The van der Waals surface area contributed by atoms with Crippen molar-refractivity contribution in [2.75, 3.05) is 5.32 Å². The van der Waals surface area contributed by atoms with Crippen LogP contribution in [0.5, 0.6) is 0 Å². The second kappa shape index (κ2) is 4.53. The van der Waals surface area contributed by atoms with Crippen LogP contribution in [0.15, 0.2) is 4.99 Å². The molecule has 0 saturated heterocycles. The third kappa shape index (κ3) is 1.92. The maximum Gasteiger partial charge on any atom is 0.156 e. The average molecular weight is 278 g/mol. The Balaban J connectivity index is 1.75. The van der Waals surface area contributed by atoms with Crippen molar-refractivity contribution in [3.8, 4) is 0 Å². The van der Waals surface area contributed by atoms with Crippen LogP contribution in [-0.4, -0.2) is 32.5 Å². The molecule has 2 heterocycles. The summed E-state index contributed by atoms with van der Waals surface area (Å²) in [5.41, 5.74) is 6.67. The van der Waals surface area contributed by atoms with E-state index in [1.807, 2.05) is 11.6 Å². The van der Waals surface area contributed by atoms with Gasteiger partial charge in [-0.2, -0.15) is 0 Å². The molecule has 110 valence electrons. The van der Waals surface area contributed by atoms with E-state index >= 15 is 0 Å². The molecule has 4 N–H and O–H groups in total. The molecule has 0 amide bonds. The van der Waals surface area contributed by atoms with Gasteiger partial charge in [0, 0.05) is 6.54 Å². The molecule has 0 aromatic carbocycles. The molecule has 0 bridgehead atoms. The number of anilines is 1. The van der Waals surface area contributed by atoms with Crippen molar-refractivity contribution in [2.24, 2.45) is 28.0 Å². The standard InChI is InChI=1S/C13H22N6O/c1-7(20)9-4-8(13(9,2)3)5-19-12-10(17-18-19)11(14)15-6-16-12/h6-9,11,20H,4-5,14H2,1-3H3,(H,15,16)/t7-,8?,9?,11?/m0/s1. The predicted molar refractivity (Wildman–Crippen MR) is 76.1 cm³/mol. The van der Waals surface area contributed by atoms with Gasteiger partial charge in [0.2, 0.25) is 0 Å². The fraction of sp³-hybridized carbons (Fsp3) is 0.769. The smallest absolute Gasteiger partial charge is 0.156 e. The third-order valence-electron chi connectivity index (χ3n) is 5.00. The second-order valence-corrected chi connectivity index (χ2v) is 6.47. The van der Waals surface area contributed by atoms with Crippen LogP contribution >= 0.6 is 0 Å². The number of aromatic nitrogens is 3. The molecule has 2 aliphatic rings. The number of aliphatic hydroxyl groups is 1. The van der Waals surface area contributed by atoms with Gasteiger partial charge in [0.25, 0.3) is 0 Å². The van der Waals surface area contributed by atoms with E-state index in [-0.39, 0.29) is 11.5 Å². The molecule has 0 spiro atoms. The predicted octanol–water partition coefficient (Wildman–Crippen LogP) is 0.732. The minimum Gasteiger partial charge on any atom is -0.393 e. The van der Waals surface area contributed by atoms with E-state index in [2.05, 4.69) is 34.5 Å². The molecular weight excluding hydrogens is 256 g/mol. The van der Waals surface area contributed by atoms with Crippen molar-refractivity contribution in [3.63, 3.8) is 0 Å². The first-order valence-corrected chi connectivity index (χ1v) is 7.06. The van der Waals surface area contributed by atoms with Gasteiger partial charge in [0.05, 0.1) is 12.4 Å². The number of fused-ring (bicyclic) bond motifs is 1. The normalized spacial score (nSPS) is 32.1. The first-order valence-electron chi connectivity index (χ1n) is 7.06. The number of aliphatic hydroxyl groups excluding tert-OH is 1. The van der Waals surface area contributed by atoms with Crippen molar-refractivity contribution in [1.29, 1.82) is 0 Å². The van der Waals surface area contributed by atoms with Gasteiger partial charge in [-0.15, -0.1) is 5.10 Å². The van der Waals surface area contributed by atoms with Gasteiger partial charge in [0.15, 0.2) is 5.82 Å². The molecule has 3 rings (SSSR count). The number of aliphatic imine (C=N–C) groups is 1. The minimum absolute atomic E-state index is 0.109. The first-order chi connectivity index (χ1) is 9.41. The molecule has 1 aromatic heterocycles. The monoisotopic (exact) mass is 278 g/mol. The van der Waals surface area contributed by atoms with Gasteiger partial charge < -0.3 is 16.2 Å². The molecule has 1 aliphatic carbocycles. The number of rotatable bonds is 3. The molecule has 20 heavy (non-hydrogen) atoms. The molecule has 1 aliphatic heterocycles. The van der Waals surface area contributed by atoms with Gasteiger partial charge >= 0.3 is 0 Å². The molecule has 3 unspecified atom stereocenters. The molecular formula is C13H22N6O. The van der Waals surface area contributed by atoms with E-state index in [1.54, 1.807) is 6.34 Å². The number of hydrogen-bond donors (Lipinski definition) is 3. The van der Waals surface area contributed by atoms with Crippen LogP contribution < -0.4 is 11.1 Å². The Morgan fingerprint density at radius 3 is 3.00 bits per heavy atom. The highest BCUT2D eigenvalue weighted by molar-refractivity contribution is 5.77. The summed E-state index contributed by atoms with van der Waals surface area (Å²) in [6.07, 6.45) is 1.92. The van der Waals surface area contributed by atoms with Crippen molar-refractivity contribution in [2.45, 2.75) is 46.0 Å². The lowest BCUT2D eigenvalue weighted by molar-refractivity contribution is -0.0947. The number of nitrogens with one attached hydrogen (secondary N) is 1. The maximum absolute atomic E-state index is 9.80. The van der Waals surface area contributed by atoms with Crippen molar-refractivity contribution < 1.29 is 5.11 Å². The van der Waals surface area contributed by atoms with Crippen LogP contribution in [0.1, 0.15) is 39.1 Å². The third-order valence-corrected chi connectivity index (χ3v) is 5.00. The van der Waals surface area contributed by atoms with Gasteiger partial charge in [-0.3, -0.25) is 4.99 Å². The van der Waals surface area contributed by atoms with E-state index in [4.69, 9.17) is 5.73 Å². The van der Waals surface area contributed by atoms with Gasteiger partial charge in [-0.05, 0) is 30.6 Å². The second-order valence-electron chi connectivity index (χ2n) is 6.47. The van der Waals surface area contributed by atoms with Crippen LogP contribution in [0.25, 0.3) is 0 Å². The van der Waals surface area contributed by atoms with Crippen LogP contribution in [-0.2, 0) is 6.54 Å². The van der Waals surface area contributed by atoms with Crippen molar-refractivity contribution >= 4 is 12.2 Å². The average Bonchev–Trinajstić information content (AvgIpc) is 2.78. The zero-order valence-electron chi connectivity index (χ0n) is 12.1. The first kappa shape index (κ1) is 13.5. The number of hydrogen-bond acceptors (Lipinski definition) is 6. The summed E-state index contributed by atoms with van der Waals surface area (Å²) in [6, 6.07) is 0. The molecule has 7 heteroatoms. The topological polar surface area (TPSA) is 101 Å². The Hall–Kier alpha value is -1.47. The van der Waals surface area contributed by atoms with Crippen LogP contribution in [0.3, 0.4) is 0 Å². The van der Waals surface area contributed by atoms with Crippen LogP contribution in [0.4, 0.5) is 5.82 Å². The summed E-state index contributed by atoms with van der Waals surface area (Å²) in [7, 11) is 0. The fourth-order valence-electron chi connectivity index (χ4n) is 3.44.